The van der Waals surface area contributed by atoms with Crippen molar-refractivity contribution in [2.45, 2.75) is 32.2 Å². The Labute approximate surface area is 137 Å². The highest BCUT2D eigenvalue weighted by molar-refractivity contribution is 7.99. The molecule has 1 unspecified atom stereocenters. The fraction of sp³-hybridized carbons (Fsp3) is 0.588. The van der Waals surface area contributed by atoms with Gasteiger partial charge in [0.25, 0.3) is 0 Å². The van der Waals surface area contributed by atoms with Crippen LogP contribution in [0.5, 0.6) is 0 Å². The van der Waals surface area contributed by atoms with Gasteiger partial charge in [-0.1, -0.05) is 38.0 Å². The zero-order chi connectivity index (χ0) is 15.6. The number of nitrogens with zero attached hydrogens (tertiary/aromatic N) is 1. The Balaban J connectivity index is 1.81. The lowest BCUT2D eigenvalue weighted by Crippen LogP contribution is -2.49. The molecule has 1 heterocycles. The quantitative estimate of drug-likeness (QED) is 0.588. The van der Waals surface area contributed by atoms with Crippen molar-refractivity contribution in [2.24, 2.45) is 0 Å². The average Bonchev–Trinajstić information content (AvgIpc) is 2.58. The highest BCUT2D eigenvalue weighted by Crippen LogP contribution is 2.18. The summed E-state index contributed by atoms with van der Waals surface area (Å²) in [5.74, 6) is 1.82. The van der Waals surface area contributed by atoms with Gasteiger partial charge in [0.15, 0.2) is 0 Å². The fourth-order valence-corrected chi connectivity index (χ4v) is 3.51. The Morgan fingerprint density at radius 2 is 2.18 bits per heavy atom. The van der Waals surface area contributed by atoms with E-state index < -0.39 is 0 Å². The molecule has 1 atom stereocenters. The van der Waals surface area contributed by atoms with E-state index in [1.165, 1.54) is 0 Å². The van der Waals surface area contributed by atoms with E-state index in [-0.39, 0.29) is 12.0 Å². The molecule has 22 heavy (non-hydrogen) atoms. The van der Waals surface area contributed by atoms with Gasteiger partial charge < -0.3 is 10.1 Å². The SMILES string of the molecule is CCCCCOC(=O)C1CSCCN1CNc1ccccc1. The van der Waals surface area contributed by atoms with Gasteiger partial charge in [-0.15, -0.1) is 0 Å². The molecule has 5 heteroatoms. The van der Waals surface area contributed by atoms with Crippen LogP contribution in [0, 0.1) is 0 Å². The number of hydrogen-bond donors (Lipinski definition) is 1. The predicted molar refractivity (Wildman–Crippen MR) is 93.2 cm³/mol. The molecule has 122 valence electrons. The number of thioether (sulfide) groups is 1. The summed E-state index contributed by atoms with van der Waals surface area (Å²) < 4.78 is 5.44. The lowest BCUT2D eigenvalue weighted by atomic mass is 10.2. The van der Waals surface area contributed by atoms with Crippen LogP contribution in [0.1, 0.15) is 26.2 Å². The molecule has 1 aromatic carbocycles. The second kappa shape index (κ2) is 9.74. The molecule has 0 saturated carbocycles. The molecule has 0 radical (unpaired) electrons. The van der Waals surface area contributed by atoms with Crippen molar-refractivity contribution in [3.05, 3.63) is 30.3 Å². The van der Waals surface area contributed by atoms with Gasteiger partial charge in [-0.05, 0) is 18.6 Å². The van der Waals surface area contributed by atoms with Gasteiger partial charge in [0, 0.05) is 23.7 Å². The predicted octanol–water partition coefficient (Wildman–Crippen LogP) is 3.21. The molecule has 0 bridgehead atoms. The first-order valence-corrected chi connectivity index (χ1v) is 9.24. The molecule has 0 aliphatic carbocycles. The Morgan fingerprint density at radius 3 is 2.95 bits per heavy atom. The Bertz CT molecular complexity index is 442. The van der Waals surface area contributed by atoms with Gasteiger partial charge in [-0.2, -0.15) is 11.8 Å². The second-order valence-corrected chi connectivity index (χ2v) is 6.63. The summed E-state index contributed by atoms with van der Waals surface area (Å²) in [5, 5.41) is 3.38. The second-order valence-electron chi connectivity index (χ2n) is 5.48. The van der Waals surface area contributed by atoms with Crippen LogP contribution in [0.4, 0.5) is 5.69 Å². The summed E-state index contributed by atoms with van der Waals surface area (Å²) >= 11 is 1.83. The summed E-state index contributed by atoms with van der Waals surface area (Å²) in [6.07, 6.45) is 3.22. The summed E-state index contributed by atoms with van der Waals surface area (Å²) in [6, 6.07) is 9.96. The maximum absolute atomic E-state index is 12.3. The number of nitrogens with one attached hydrogen (secondary N) is 1. The lowest BCUT2D eigenvalue weighted by Gasteiger charge is -2.33. The van der Waals surface area contributed by atoms with Crippen LogP contribution in [0.25, 0.3) is 0 Å². The van der Waals surface area contributed by atoms with E-state index >= 15 is 0 Å². The van der Waals surface area contributed by atoms with Gasteiger partial charge in [-0.25, -0.2) is 0 Å². The topological polar surface area (TPSA) is 41.6 Å². The Hall–Kier alpha value is -1.20. The molecule has 1 N–H and O–H groups in total. The first-order chi connectivity index (χ1) is 10.8. The van der Waals surface area contributed by atoms with Crippen molar-refractivity contribution >= 4 is 23.4 Å². The molecule has 4 nitrogen and oxygen atoms in total. The summed E-state index contributed by atoms with van der Waals surface area (Å²) in [4.78, 5) is 14.5. The molecule has 1 aromatic rings. The maximum Gasteiger partial charge on any atom is 0.324 e. The number of hydrogen-bond acceptors (Lipinski definition) is 5. The van der Waals surface area contributed by atoms with Crippen LogP contribution >= 0.6 is 11.8 Å². The van der Waals surface area contributed by atoms with E-state index in [4.69, 9.17) is 4.74 Å². The molecule has 0 amide bonds. The Morgan fingerprint density at radius 1 is 1.36 bits per heavy atom. The highest BCUT2D eigenvalue weighted by atomic mass is 32.2. The minimum absolute atomic E-state index is 0.0711. The van der Waals surface area contributed by atoms with Crippen molar-refractivity contribution in [3.63, 3.8) is 0 Å². The summed E-state index contributed by atoms with van der Waals surface area (Å²) in [7, 11) is 0. The molecule has 0 spiro atoms. The molecular weight excluding hydrogens is 296 g/mol. The maximum atomic E-state index is 12.3. The van der Waals surface area contributed by atoms with Crippen molar-refractivity contribution in [3.8, 4) is 0 Å². The zero-order valence-electron chi connectivity index (χ0n) is 13.3. The first kappa shape index (κ1) is 17.2. The molecule has 2 rings (SSSR count). The van der Waals surface area contributed by atoms with Crippen molar-refractivity contribution in [2.75, 3.05) is 36.6 Å². The van der Waals surface area contributed by atoms with E-state index in [9.17, 15) is 4.79 Å². The minimum Gasteiger partial charge on any atom is -0.464 e. The van der Waals surface area contributed by atoms with E-state index in [1.54, 1.807) is 0 Å². The monoisotopic (exact) mass is 322 g/mol. The number of para-hydroxylation sites is 1. The number of anilines is 1. The van der Waals surface area contributed by atoms with Crippen molar-refractivity contribution in [1.82, 2.24) is 4.90 Å². The van der Waals surface area contributed by atoms with Crippen LogP contribution in [-0.4, -0.2) is 48.2 Å². The van der Waals surface area contributed by atoms with Crippen molar-refractivity contribution in [1.29, 1.82) is 0 Å². The third-order valence-corrected chi connectivity index (χ3v) is 4.79. The van der Waals surface area contributed by atoms with Crippen LogP contribution in [-0.2, 0) is 9.53 Å². The number of unbranched alkanes of at least 4 members (excludes halogenated alkanes) is 2. The number of carbonyl (C=O) groups is 1. The lowest BCUT2D eigenvalue weighted by molar-refractivity contribution is -0.149. The highest BCUT2D eigenvalue weighted by Gasteiger charge is 2.30. The van der Waals surface area contributed by atoms with Crippen LogP contribution in [0.3, 0.4) is 0 Å². The van der Waals surface area contributed by atoms with Gasteiger partial charge >= 0.3 is 5.97 Å². The van der Waals surface area contributed by atoms with E-state index in [0.717, 1.165) is 43.0 Å². The van der Waals surface area contributed by atoms with Gasteiger partial charge in [0.1, 0.15) is 6.04 Å². The summed E-state index contributed by atoms with van der Waals surface area (Å²) in [5.41, 5.74) is 1.08. The molecule has 1 fully saturated rings. The number of benzene rings is 1. The van der Waals surface area contributed by atoms with Crippen LogP contribution < -0.4 is 5.32 Å². The number of esters is 1. The zero-order valence-corrected chi connectivity index (χ0v) is 14.1. The van der Waals surface area contributed by atoms with Crippen molar-refractivity contribution < 1.29 is 9.53 Å². The van der Waals surface area contributed by atoms with Gasteiger partial charge in [-0.3, -0.25) is 9.69 Å². The van der Waals surface area contributed by atoms with Crippen LogP contribution in [0.15, 0.2) is 30.3 Å². The smallest absolute Gasteiger partial charge is 0.324 e. The standard InChI is InChI=1S/C17H26N2O2S/c1-2-3-7-11-21-17(20)16-13-22-12-10-19(16)14-18-15-8-5-4-6-9-15/h4-6,8-9,16,18H,2-3,7,10-14H2,1H3. The van der Waals surface area contributed by atoms with Gasteiger partial charge in [0.2, 0.25) is 0 Å². The minimum atomic E-state index is -0.128. The average molecular weight is 322 g/mol. The van der Waals surface area contributed by atoms with E-state index in [2.05, 4.69) is 17.1 Å². The first-order valence-electron chi connectivity index (χ1n) is 8.08. The number of ether oxygens (including phenoxy) is 1. The normalized spacial score (nSPS) is 18.9. The van der Waals surface area contributed by atoms with Gasteiger partial charge in [0.05, 0.1) is 13.3 Å². The molecular formula is C17H26N2O2S. The van der Waals surface area contributed by atoms with E-state index in [0.29, 0.717) is 13.3 Å². The molecule has 0 aromatic heterocycles. The third-order valence-electron chi connectivity index (χ3n) is 3.76. The largest absolute Gasteiger partial charge is 0.464 e. The summed E-state index contributed by atoms with van der Waals surface area (Å²) in [6.45, 7) is 4.29. The van der Waals surface area contributed by atoms with Crippen LogP contribution in [0.2, 0.25) is 0 Å². The fourth-order valence-electron chi connectivity index (χ4n) is 2.41. The Kier molecular flexibility index (Phi) is 7.60. The number of rotatable bonds is 8. The molecule has 1 saturated heterocycles. The molecule has 1 aliphatic heterocycles. The van der Waals surface area contributed by atoms with E-state index in [1.807, 2.05) is 42.1 Å². The third kappa shape index (κ3) is 5.54. The molecule has 1 aliphatic rings. The number of carbonyl (C=O) groups excluding carboxylic acids is 1.